The van der Waals surface area contributed by atoms with Gasteiger partial charge in [-0.25, -0.2) is 4.52 Å². The van der Waals surface area contributed by atoms with E-state index < -0.39 is 0 Å². The Morgan fingerprint density at radius 2 is 2.38 bits per heavy atom. The lowest BCUT2D eigenvalue weighted by Crippen LogP contribution is -1.97. The van der Waals surface area contributed by atoms with Crippen LogP contribution >= 0.6 is 12.4 Å². The van der Waals surface area contributed by atoms with Gasteiger partial charge in [0.25, 0.3) is 0 Å². The number of halogens is 1. The molecule has 0 fully saturated rings. The number of anilines is 1. The molecular formula is C10H11ClN4O. The van der Waals surface area contributed by atoms with Crippen LogP contribution in [0.3, 0.4) is 0 Å². The van der Waals surface area contributed by atoms with Crippen molar-refractivity contribution in [2.45, 2.75) is 6.42 Å². The van der Waals surface area contributed by atoms with Gasteiger partial charge in [0.05, 0.1) is 31.5 Å². The zero-order chi connectivity index (χ0) is 10.8. The molecule has 0 aliphatic heterocycles. The Kier molecular flexibility index (Phi) is 3.59. The van der Waals surface area contributed by atoms with E-state index in [2.05, 4.69) is 11.2 Å². The zero-order valence-electron chi connectivity index (χ0n) is 8.67. The Balaban J connectivity index is 0.00000128. The van der Waals surface area contributed by atoms with Crippen LogP contribution in [0.2, 0.25) is 0 Å². The molecule has 0 aromatic carbocycles. The van der Waals surface area contributed by atoms with Crippen molar-refractivity contribution in [2.24, 2.45) is 0 Å². The Labute approximate surface area is 98.8 Å². The molecule has 0 atom stereocenters. The predicted octanol–water partition coefficient (Wildman–Crippen LogP) is 1.41. The number of hydrogen-bond acceptors (Lipinski definition) is 4. The molecule has 2 N–H and O–H groups in total. The highest BCUT2D eigenvalue weighted by Crippen LogP contribution is 2.29. The number of ether oxygens (including phenoxy) is 1. The highest BCUT2D eigenvalue weighted by atomic mass is 35.5. The van der Waals surface area contributed by atoms with E-state index in [1.165, 1.54) is 0 Å². The summed E-state index contributed by atoms with van der Waals surface area (Å²) in [4.78, 5) is 0. The lowest BCUT2D eigenvalue weighted by Gasteiger charge is -2.06. The zero-order valence-corrected chi connectivity index (χ0v) is 9.49. The van der Waals surface area contributed by atoms with E-state index in [1.807, 2.05) is 0 Å². The maximum atomic E-state index is 8.67. The fraction of sp³-hybridized carbons (Fsp3) is 0.200. The monoisotopic (exact) mass is 238 g/mol. The third-order valence-corrected chi connectivity index (χ3v) is 2.22. The van der Waals surface area contributed by atoms with Crippen molar-refractivity contribution in [1.29, 1.82) is 5.26 Å². The summed E-state index contributed by atoms with van der Waals surface area (Å²) in [5, 5.41) is 12.8. The molecule has 2 rings (SSSR count). The minimum atomic E-state index is 0. The molecule has 84 valence electrons. The van der Waals surface area contributed by atoms with Gasteiger partial charge in [0.1, 0.15) is 5.52 Å². The third kappa shape index (κ3) is 1.75. The van der Waals surface area contributed by atoms with E-state index in [9.17, 15) is 0 Å². The van der Waals surface area contributed by atoms with Crippen LogP contribution in [0.4, 0.5) is 5.69 Å². The smallest absolute Gasteiger partial charge is 0.167 e. The van der Waals surface area contributed by atoms with Crippen molar-refractivity contribution >= 4 is 23.6 Å². The molecule has 0 bridgehead atoms. The Bertz CT molecular complexity index is 543. The molecule has 0 aliphatic rings. The first-order valence-corrected chi connectivity index (χ1v) is 4.43. The highest BCUT2D eigenvalue weighted by Gasteiger charge is 2.11. The molecule has 0 amide bonds. The molecule has 2 aromatic rings. The summed E-state index contributed by atoms with van der Waals surface area (Å²) in [5.41, 5.74) is 7.90. The van der Waals surface area contributed by atoms with E-state index in [-0.39, 0.29) is 12.4 Å². The van der Waals surface area contributed by atoms with Gasteiger partial charge in [-0.1, -0.05) is 0 Å². The van der Waals surface area contributed by atoms with Gasteiger partial charge >= 0.3 is 0 Å². The predicted molar refractivity (Wildman–Crippen MR) is 62.7 cm³/mol. The second-order valence-electron chi connectivity index (χ2n) is 3.10. The molecule has 16 heavy (non-hydrogen) atoms. The van der Waals surface area contributed by atoms with Gasteiger partial charge in [0, 0.05) is 11.8 Å². The first-order valence-electron chi connectivity index (χ1n) is 4.43. The van der Waals surface area contributed by atoms with Gasteiger partial charge in [-0.2, -0.15) is 10.4 Å². The number of rotatable bonds is 2. The van der Waals surface area contributed by atoms with Crippen LogP contribution in [0.25, 0.3) is 5.52 Å². The summed E-state index contributed by atoms with van der Waals surface area (Å²) in [6.45, 7) is 0. The maximum absolute atomic E-state index is 8.67. The van der Waals surface area contributed by atoms with E-state index in [1.54, 1.807) is 30.1 Å². The van der Waals surface area contributed by atoms with E-state index in [0.29, 0.717) is 17.9 Å². The molecule has 0 saturated carbocycles. The SMILES string of the molecule is COc1c(N)ccn2ncc(CC#N)c12.Cl. The second-order valence-corrected chi connectivity index (χ2v) is 3.10. The van der Waals surface area contributed by atoms with Crippen molar-refractivity contribution in [1.82, 2.24) is 9.61 Å². The number of nitrogens with two attached hydrogens (primary N) is 1. The minimum absolute atomic E-state index is 0. The van der Waals surface area contributed by atoms with Crippen LogP contribution in [0, 0.1) is 11.3 Å². The highest BCUT2D eigenvalue weighted by molar-refractivity contribution is 5.85. The van der Waals surface area contributed by atoms with Crippen molar-refractivity contribution < 1.29 is 4.74 Å². The standard InChI is InChI=1S/C10H10N4O.ClH/c1-15-10-8(12)3-5-14-9(10)7(2-4-11)6-13-14;/h3,5-6H,2,12H2,1H3;1H. The molecule has 0 aliphatic carbocycles. The van der Waals surface area contributed by atoms with Crippen molar-refractivity contribution in [3.63, 3.8) is 0 Å². The first kappa shape index (κ1) is 12.1. The van der Waals surface area contributed by atoms with Crippen molar-refractivity contribution in [3.8, 4) is 11.8 Å². The van der Waals surface area contributed by atoms with Crippen LogP contribution < -0.4 is 10.5 Å². The summed E-state index contributed by atoms with van der Waals surface area (Å²) >= 11 is 0. The largest absolute Gasteiger partial charge is 0.492 e. The third-order valence-electron chi connectivity index (χ3n) is 2.22. The van der Waals surface area contributed by atoms with E-state index in [4.69, 9.17) is 15.7 Å². The number of aromatic nitrogens is 2. The van der Waals surface area contributed by atoms with Crippen LogP contribution in [0.15, 0.2) is 18.5 Å². The van der Waals surface area contributed by atoms with E-state index in [0.717, 1.165) is 11.1 Å². The fourth-order valence-electron chi connectivity index (χ4n) is 1.55. The first-order chi connectivity index (χ1) is 7.27. The summed E-state index contributed by atoms with van der Waals surface area (Å²) in [6.07, 6.45) is 3.69. The van der Waals surface area contributed by atoms with Crippen LogP contribution in [-0.4, -0.2) is 16.7 Å². The lowest BCUT2D eigenvalue weighted by molar-refractivity contribution is 0.419. The van der Waals surface area contributed by atoms with E-state index >= 15 is 0 Å². The quantitative estimate of drug-likeness (QED) is 0.858. The van der Waals surface area contributed by atoms with Gasteiger partial charge in [-0.3, -0.25) is 0 Å². The molecular weight excluding hydrogens is 228 g/mol. The summed E-state index contributed by atoms with van der Waals surface area (Å²) < 4.78 is 6.86. The topological polar surface area (TPSA) is 76.3 Å². The number of methoxy groups -OCH3 is 1. The number of pyridine rings is 1. The molecule has 0 saturated heterocycles. The molecule has 0 radical (unpaired) electrons. The lowest BCUT2D eigenvalue weighted by atomic mass is 10.2. The Morgan fingerprint density at radius 1 is 1.62 bits per heavy atom. The number of nitriles is 1. The number of nitrogen functional groups attached to an aromatic ring is 1. The summed E-state index contributed by atoms with van der Waals surface area (Å²) in [5.74, 6) is 0.570. The van der Waals surface area contributed by atoms with Gasteiger partial charge in [-0.15, -0.1) is 12.4 Å². The molecule has 6 heteroatoms. The Morgan fingerprint density at radius 3 is 3.00 bits per heavy atom. The van der Waals surface area contributed by atoms with Gasteiger partial charge in [-0.05, 0) is 6.07 Å². The van der Waals surface area contributed by atoms with Gasteiger partial charge in [0.15, 0.2) is 5.75 Å². The normalized spacial score (nSPS) is 9.50. The Hall–Kier alpha value is -1.93. The molecule has 2 heterocycles. The fourth-order valence-corrected chi connectivity index (χ4v) is 1.55. The van der Waals surface area contributed by atoms with Gasteiger partial charge < -0.3 is 10.5 Å². The summed E-state index contributed by atoms with van der Waals surface area (Å²) in [7, 11) is 1.55. The average Bonchev–Trinajstić information content (AvgIpc) is 2.63. The number of hydrogen-bond donors (Lipinski definition) is 1. The molecule has 2 aromatic heterocycles. The molecule has 0 spiro atoms. The van der Waals surface area contributed by atoms with Gasteiger partial charge in [0.2, 0.25) is 0 Å². The maximum Gasteiger partial charge on any atom is 0.167 e. The van der Waals surface area contributed by atoms with Crippen LogP contribution in [0.5, 0.6) is 5.75 Å². The molecule has 0 unspecified atom stereocenters. The number of nitrogens with zero attached hydrogens (tertiary/aromatic N) is 3. The second kappa shape index (κ2) is 4.73. The summed E-state index contributed by atoms with van der Waals surface area (Å²) in [6, 6.07) is 3.80. The van der Waals surface area contributed by atoms with Crippen LogP contribution in [-0.2, 0) is 6.42 Å². The molecule has 5 nitrogen and oxygen atoms in total. The van der Waals surface area contributed by atoms with Crippen LogP contribution in [0.1, 0.15) is 5.56 Å². The van der Waals surface area contributed by atoms with Crippen molar-refractivity contribution in [2.75, 3.05) is 12.8 Å². The van der Waals surface area contributed by atoms with Crippen molar-refractivity contribution in [3.05, 3.63) is 24.0 Å². The number of fused-ring (bicyclic) bond motifs is 1. The minimum Gasteiger partial charge on any atom is -0.492 e. The average molecular weight is 239 g/mol.